The highest BCUT2D eigenvalue weighted by molar-refractivity contribution is 9.10. The largest absolute Gasteiger partial charge is 0.506 e. The minimum Gasteiger partial charge on any atom is -0.506 e. The topological polar surface area (TPSA) is 144 Å². The lowest BCUT2D eigenvalue weighted by Crippen LogP contribution is -2.27. The van der Waals surface area contributed by atoms with Gasteiger partial charge in [-0.05, 0) is 39.3 Å². The summed E-state index contributed by atoms with van der Waals surface area (Å²) in [4.78, 5) is 46.4. The number of nitro benzene ring substituents is 2. The molecule has 0 aliphatic carbocycles. The van der Waals surface area contributed by atoms with Crippen molar-refractivity contribution in [1.29, 1.82) is 0 Å². The Labute approximate surface area is 175 Å². The number of nitro groups is 2. The Morgan fingerprint density at radius 1 is 1.10 bits per heavy atom. The van der Waals surface area contributed by atoms with E-state index in [0.717, 1.165) is 17.0 Å². The van der Waals surface area contributed by atoms with Crippen molar-refractivity contribution in [3.8, 4) is 5.75 Å². The highest BCUT2D eigenvalue weighted by Gasteiger charge is 2.35. The van der Waals surface area contributed by atoms with Crippen LogP contribution < -0.4 is 0 Å². The van der Waals surface area contributed by atoms with Gasteiger partial charge in [0.2, 0.25) is 0 Å². The van der Waals surface area contributed by atoms with Gasteiger partial charge in [0, 0.05) is 29.8 Å². The molecule has 1 saturated heterocycles. The lowest BCUT2D eigenvalue weighted by atomic mass is 10.1. The SMILES string of the molecule is O=C1S/C(=C/c2cc([N+](=O)[O-])cc(Br)c2O)C(=O)N1Cc1cccc([N+](=O)[O-])c1. The van der Waals surface area contributed by atoms with Gasteiger partial charge in [0.15, 0.2) is 0 Å². The molecule has 1 heterocycles. The number of thioether (sulfide) groups is 1. The Hall–Kier alpha value is -3.25. The van der Waals surface area contributed by atoms with Gasteiger partial charge in [-0.15, -0.1) is 0 Å². The molecule has 1 aliphatic heterocycles. The monoisotopic (exact) mass is 479 g/mol. The summed E-state index contributed by atoms with van der Waals surface area (Å²) in [5.41, 5.74) is -0.0938. The molecule has 12 heteroatoms. The quantitative estimate of drug-likeness (QED) is 0.381. The normalized spacial score (nSPS) is 15.2. The van der Waals surface area contributed by atoms with Crippen LogP contribution in [0.5, 0.6) is 5.75 Å². The third-order valence-electron chi connectivity index (χ3n) is 3.91. The second-order valence-corrected chi connectivity index (χ2v) is 7.66. The van der Waals surface area contributed by atoms with Crippen LogP contribution in [0.4, 0.5) is 16.2 Å². The number of benzene rings is 2. The minimum absolute atomic E-state index is 0.00748. The number of nitrogens with zero attached hydrogens (tertiary/aromatic N) is 3. The molecule has 0 radical (unpaired) electrons. The van der Waals surface area contributed by atoms with Gasteiger partial charge < -0.3 is 5.11 Å². The zero-order valence-corrected chi connectivity index (χ0v) is 16.7. The zero-order valence-electron chi connectivity index (χ0n) is 14.3. The van der Waals surface area contributed by atoms with Gasteiger partial charge in [-0.25, -0.2) is 0 Å². The average Bonchev–Trinajstić information content (AvgIpc) is 2.92. The summed E-state index contributed by atoms with van der Waals surface area (Å²) in [6.07, 6.45) is 1.19. The van der Waals surface area contributed by atoms with Crippen molar-refractivity contribution in [2.45, 2.75) is 6.54 Å². The predicted molar refractivity (Wildman–Crippen MR) is 107 cm³/mol. The van der Waals surface area contributed by atoms with Crippen molar-refractivity contribution in [1.82, 2.24) is 4.90 Å². The van der Waals surface area contributed by atoms with Gasteiger partial charge in [-0.1, -0.05) is 12.1 Å². The lowest BCUT2D eigenvalue weighted by Gasteiger charge is -2.12. The first-order chi connectivity index (χ1) is 13.7. The van der Waals surface area contributed by atoms with E-state index >= 15 is 0 Å². The Balaban J connectivity index is 1.90. The van der Waals surface area contributed by atoms with E-state index in [0.29, 0.717) is 17.3 Å². The maximum atomic E-state index is 12.6. The molecule has 29 heavy (non-hydrogen) atoms. The molecule has 2 aromatic carbocycles. The number of aromatic hydroxyl groups is 1. The van der Waals surface area contributed by atoms with Gasteiger partial charge in [0.05, 0.1) is 25.8 Å². The number of amides is 2. The molecule has 1 N–H and O–H groups in total. The molecular weight excluding hydrogens is 470 g/mol. The molecule has 1 fully saturated rings. The van der Waals surface area contributed by atoms with Crippen molar-refractivity contribution in [3.05, 3.63) is 77.1 Å². The van der Waals surface area contributed by atoms with Crippen molar-refractivity contribution in [3.63, 3.8) is 0 Å². The third-order valence-corrected chi connectivity index (χ3v) is 5.42. The number of halogens is 1. The summed E-state index contributed by atoms with van der Waals surface area (Å²) in [7, 11) is 0. The number of hydrogen-bond donors (Lipinski definition) is 1. The Kier molecular flexibility index (Phi) is 5.66. The van der Waals surface area contributed by atoms with Crippen LogP contribution in [-0.2, 0) is 11.3 Å². The molecule has 148 valence electrons. The van der Waals surface area contributed by atoms with Crippen LogP contribution in [0, 0.1) is 20.2 Å². The molecule has 0 saturated carbocycles. The van der Waals surface area contributed by atoms with Crippen LogP contribution in [-0.4, -0.2) is 31.0 Å². The lowest BCUT2D eigenvalue weighted by molar-refractivity contribution is -0.385. The Morgan fingerprint density at radius 2 is 1.79 bits per heavy atom. The molecule has 2 aromatic rings. The third kappa shape index (κ3) is 4.27. The van der Waals surface area contributed by atoms with E-state index in [4.69, 9.17) is 0 Å². The van der Waals surface area contributed by atoms with Gasteiger partial charge >= 0.3 is 0 Å². The molecule has 0 spiro atoms. The van der Waals surface area contributed by atoms with Crippen LogP contribution in [0.2, 0.25) is 0 Å². The highest BCUT2D eigenvalue weighted by Crippen LogP contribution is 2.38. The number of imide groups is 1. The minimum atomic E-state index is -0.673. The van der Waals surface area contributed by atoms with Gasteiger partial charge in [-0.3, -0.25) is 34.7 Å². The van der Waals surface area contributed by atoms with E-state index in [2.05, 4.69) is 15.9 Å². The number of phenols is 1. The van der Waals surface area contributed by atoms with Crippen LogP contribution in [0.3, 0.4) is 0 Å². The highest BCUT2D eigenvalue weighted by atomic mass is 79.9. The van der Waals surface area contributed by atoms with E-state index in [1.165, 1.54) is 24.3 Å². The molecule has 10 nitrogen and oxygen atoms in total. The molecule has 1 aliphatic rings. The number of hydrogen-bond acceptors (Lipinski definition) is 8. The summed E-state index contributed by atoms with van der Waals surface area (Å²) < 4.78 is 0.0637. The first-order valence-corrected chi connectivity index (χ1v) is 9.44. The first-order valence-electron chi connectivity index (χ1n) is 7.83. The fourth-order valence-electron chi connectivity index (χ4n) is 2.55. The second-order valence-electron chi connectivity index (χ2n) is 5.82. The number of carbonyl (C=O) groups is 2. The molecule has 3 rings (SSSR count). The standard InChI is InChI=1S/C17H10BrN3O7S/c18-13-7-12(21(27)28)5-10(15(13)22)6-14-16(23)19(17(24)29-14)8-9-2-1-3-11(4-9)20(25)26/h1-7,22H,8H2/b14-6+. The fraction of sp³-hybridized carbons (Fsp3) is 0.0588. The second kappa shape index (κ2) is 8.01. The predicted octanol–water partition coefficient (Wildman–Crippen LogP) is 4.21. The summed E-state index contributed by atoms with van der Waals surface area (Å²) in [5, 5.41) is 31.4. The van der Waals surface area contributed by atoms with Crippen molar-refractivity contribution in [2.75, 3.05) is 0 Å². The van der Waals surface area contributed by atoms with E-state index < -0.39 is 21.0 Å². The van der Waals surface area contributed by atoms with E-state index in [-0.39, 0.29) is 38.6 Å². The summed E-state index contributed by atoms with van der Waals surface area (Å²) in [6.45, 7) is -0.172. The van der Waals surface area contributed by atoms with Crippen LogP contribution in [0.25, 0.3) is 6.08 Å². The van der Waals surface area contributed by atoms with E-state index in [1.54, 1.807) is 6.07 Å². The molecule has 0 aromatic heterocycles. The zero-order chi connectivity index (χ0) is 21.3. The van der Waals surface area contributed by atoms with Gasteiger partial charge in [0.1, 0.15) is 5.75 Å². The Bertz CT molecular complexity index is 1100. The summed E-state index contributed by atoms with van der Waals surface area (Å²) >= 11 is 3.61. The summed E-state index contributed by atoms with van der Waals surface area (Å²) in [6, 6.07) is 7.73. The van der Waals surface area contributed by atoms with Crippen molar-refractivity contribution >= 4 is 56.3 Å². The van der Waals surface area contributed by atoms with Crippen LogP contribution in [0.15, 0.2) is 45.8 Å². The van der Waals surface area contributed by atoms with E-state index in [9.17, 15) is 34.9 Å². The Morgan fingerprint density at radius 3 is 2.45 bits per heavy atom. The van der Waals surface area contributed by atoms with Gasteiger partial charge in [-0.2, -0.15) is 0 Å². The molecule has 0 bridgehead atoms. The maximum Gasteiger partial charge on any atom is 0.293 e. The number of non-ortho nitro benzene ring substituents is 2. The van der Waals surface area contributed by atoms with Crippen LogP contribution in [0.1, 0.15) is 11.1 Å². The van der Waals surface area contributed by atoms with E-state index in [1.807, 2.05) is 0 Å². The van der Waals surface area contributed by atoms with Crippen LogP contribution >= 0.6 is 27.7 Å². The molecule has 2 amide bonds. The number of phenolic OH excluding ortho intramolecular Hbond substituents is 1. The molecule has 0 atom stereocenters. The molecule has 0 unspecified atom stereocenters. The fourth-order valence-corrected chi connectivity index (χ4v) is 3.84. The van der Waals surface area contributed by atoms with Crippen molar-refractivity contribution < 1.29 is 24.5 Å². The molecular formula is C17H10BrN3O7S. The first kappa shape index (κ1) is 20.5. The number of rotatable bonds is 5. The summed E-state index contributed by atoms with van der Waals surface area (Å²) in [5.74, 6) is -0.991. The van der Waals surface area contributed by atoms with Gasteiger partial charge in [0.25, 0.3) is 22.5 Å². The van der Waals surface area contributed by atoms with Crippen molar-refractivity contribution in [2.24, 2.45) is 0 Å². The average molecular weight is 480 g/mol. The number of carbonyl (C=O) groups excluding carboxylic acids is 2. The smallest absolute Gasteiger partial charge is 0.293 e. The maximum absolute atomic E-state index is 12.6.